The van der Waals surface area contributed by atoms with E-state index in [9.17, 15) is 18.8 Å². The van der Waals surface area contributed by atoms with Crippen molar-refractivity contribution in [1.29, 1.82) is 0 Å². The summed E-state index contributed by atoms with van der Waals surface area (Å²) in [6, 6.07) is 6.89. The van der Waals surface area contributed by atoms with Gasteiger partial charge in [0.1, 0.15) is 25.2 Å². The molecule has 126 valence electrons. The summed E-state index contributed by atoms with van der Waals surface area (Å²) in [4.78, 5) is 34.5. The standard InChI is InChI=1S/C16H14FNO6/c1-22-15(20)7-18-16(21)13-6-12(19)14(9-24-13)23-8-10-4-2-3-5-11(10)17/h2-6,9H,7-8H2,1H3,(H,18,21). The number of carbonyl (C=O) groups excluding carboxylic acids is 2. The Morgan fingerprint density at radius 1 is 1.29 bits per heavy atom. The average Bonchev–Trinajstić information content (AvgIpc) is 2.59. The van der Waals surface area contributed by atoms with Crippen molar-refractivity contribution >= 4 is 11.9 Å². The Balaban J connectivity index is 2.02. The van der Waals surface area contributed by atoms with Crippen LogP contribution in [0.1, 0.15) is 16.1 Å². The van der Waals surface area contributed by atoms with E-state index in [1.807, 2.05) is 0 Å². The van der Waals surface area contributed by atoms with Crippen LogP contribution in [0, 0.1) is 5.82 Å². The molecule has 0 saturated heterocycles. The molecule has 1 aromatic heterocycles. The summed E-state index contributed by atoms with van der Waals surface area (Å²) < 4.78 is 28.0. The lowest BCUT2D eigenvalue weighted by molar-refractivity contribution is -0.139. The SMILES string of the molecule is COC(=O)CNC(=O)c1cc(=O)c(OCc2ccccc2F)co1. The fourth-order valence-corrected chi connectivity index (χ4v) is 1.71. The number of halogens is 1. The molecule has 24 heavy (non-hydrogen) atoms. The van der Waals surface area contributed by atoms with E-state index in [0.717, 1.165) is 12.3 Å². The van der Waals surface area contributed by atoms with Crippen molar-refractivity contribution in [3.8, 4) is 5.75 Å². The van der Waals surface area contributed by atoms with Gasteiger partial charge in [-0.05, 0) is 6.07 Å². The third-order valence-corrected chi connectivity index (χ3v) is 2.98. The van der Waals surface area contributed by atoms with Crippen LogP contribution in [-0.2, 0) is 16.1 Å². The molecule has 0 bridgehead atoms. The van der Waals surface area contributed by atoms with Gasteiger partial charge in [-0.15, -0.1) is 0 Å². The highest BCUT2D eigenvalue weighted by Crippen LogP contribution is 2.11. The van der Waals surface area contributed by atoms with Gasteiger partial charge in [-0.25, -0.2) is 4.39 Å². The minimum absolute atomic E-state index is 0.161. The number of rotatable bonds is 6. The molecule has 0 saturated carbocycles. The normalized spacial score (nSPS) is 10.1. The first kappa shape index (κ1) is 17.2. The molecule has 1 heterocycles. The number of benzene rings is 1. The summed E-state index contributed by atoms with van der Waals surface area (Å²) in [5.41, 5.74) is -0.336. The van der Waals surface area contributed by atoms with Crippen LogP contribution < -0.4 is 15.5 Å². The molecule has 1 aromatic carbocycles. The Labute approximate surface area is 136 Å². The number of hydrogen-bond acceptors (Lipinski definition) is 6. The number of hydrogen-bond donors (Lipinski definition) is 1. The highest BCUT2D eigenvalue weighted by molar-refractivity contribution is 5.93. The van der Waals surface area contributed by atoms with E-state index < -0.39 is 23.1 Å². The molecule has 0 atom stereocenters. The second-order valence-electron chi connectivity index (χ2n) is 4.61. The van der Waals surface area contributed by atoms with Crippen molar-refractivity contribution in [2.24, 2.45) is 0 Å². The fourth-order valence-electron chi connectivity index (χ4n) is 1.71. The van der Waals surface area contributed by atoms with Gasteiger partial charge in [0, 0.05) is 11.6 Å². The predicted octanol–water partition coefficient (Wildman–Crippen LogP) is 1.26. The van der Waals surface area contributed by atoms with Gasteiger partial charge in [0.15, 0.2) is 5.76 Å². The van der Waals surface area contributed by atoms with Gasteiger partial charge in [-0.1, -0.05) is 18.2 Å². The maximum absolute atomic E-state index is 13.5. The lowest BCUT2D eigenvalue weighted by Gasteiger charge is -2.07. The van der Waals surface area contributed by atoms with Gasteiger partial charge in [-0.3, -0.25) is 14.4 Å². The molecular formula is C16H14FNO6. The number of nitrogens with one attached hydrogen (secondary N) is 1. The van der Waals surface area contributed by atoms with Gasteiger partial charge in [0.2, 0.25) is 11.2 Å². The monoisotopic (exact) mass is 335 g/mol. The number of amides is 1. The van der Waals surface area contributed by atoms with Crippen LogP contribution in [0.3, 0.4) is 0 Å². The first-order chi connectivity index (χ1) is 11.5. The Bertz CT molecular complexity index is 801. The summed E-state index contributed by atoms with van der Waals surface area (Å²) in [6.07, 6.45) is 0.955. The lowest BCUT2D eigenvalue weighted by Crippen LogP contribution is -2.30. The molecule has 0 spiro atoms. The molecule has 2 rings (SSSR count). The number of methoxy groups -OCH3 is 1. The highest BCUT2D eigenvalue weighted by atomic mass is 19.1. The summed E-state index contributed by atoms with van der Waals surface area (Å²) in [5.74, 6) is -2.31. The topological polar surface area (TPSA) is 94.8 Å². The first-order valence-corrected chi connectivity index (χ1v) is 6.85. The second-order valence-corrected chi connectivity index (χ2v) is 4.61. The van der Waals surface area contributed by atoms with Crippen molar-refractivity contribution in [3.63, 3.8) is 0 Å². The molecule has 0 radical (unpaired) electrons. The number of ether oxygens (including phenoxy) is 2. The Morgan fingerprint density at radius 2 is 2.04 bits per heavy atom. The second kappa shape index (κ2) is 7.91. The van der Waals surface area contributed by atoms with Crippen LogP contribution in [0.25, 0.3) is 0 Å². The van der Waals surface area contributed by atoms with E-state index in [-0.39, 0.29) is 30.2 Å². The Kier molecular flexibility index (Phi) is 5.67. The smallest absolute Gasteiger partial charge is 0.325 e. The van der Waals surface area contributed by atoms with E-state index in [0.29, 0.717) is 0 Å². The van der Waals surface area contributed by atoms with Gasteiger partial charge >= 0.3 is 5.97 Å². The van der Waals surface area contributed by atoms with Crippen molar-refractivity contribution in [1.82, 2.24) is 5.32 Å². The molecule has 2 aromatic rings. The van der Waals surface area contributed by atoms with Gasteiger partial charge in [0.05, 0.1) is 7.11 Å². The Hall–Kier alpha value is -3.16. The summed E-state index contributed by atoms with van der Waals surface area (Å²) >= 11 is 0. The van der Waals surface area contributed by atoms with Crippen molar-refractivity contribution < 1.29 is 27.9 Å². The van der Waals surface area contributed by atoms with Crippen molar-refractivity contribution in [3.05, 3.63) is 64.0 Å². The molecule has 0 aliphatic rings. The summed E-state index contributed by atoms with van der Waals surface area (Å²) in [5, 5.41) is 2.23. The van der Waals surface area contributed by atoms with Crippen molar-refractivity contribution in [2.75, 3.05) is 13.7 Å². The van der Waals surface area contributed by atoms with E-state index >= 15 is 0 Å². The van der Waals surface area contributed by atoms with Gasteiger partial charge < -0.3 is 19.2 Å². The Morgan fingerprint density at radius 3 is 2.71 bits per heavy atom. The first-order valence-electron chi connectivity index (χ1n) is 6.85. The molecular weight excluding hydrogens is 321 g/mol. The zero-order valence-corrected chi connectivity index (χ0v) is 12.7. The molecule has 0 aliphatic carbocycles. The highest BCUT2D eigenvalue weighted by Gasteiger charge is 2.13. The molecule has 8 heteroatoms. The third kappa shape index (κ3) is 4.42. The van der Waals surface area contributed by atoms with Crippen LogP contribution in [0.15, 0.2) is 45.8 Å². The zero-order chi connectivity index (χ0) is 17.5. The minimum atomic E-state index is -0.752. The van der Waals surface area contributed by atoms with E-state index in [2.05, 4.69) is 10.1 Å². The van der Waals surface area contributed by atoms with Gasteiger partial charge in [-0.2, -0.15) is 0 Å². The number of carbonyl (C=O) groups is 2. The largest absolute Gasteiger partial charge is 0.482 e. The molecule has 1 N–H and O–H groups in total. The molecule has 7 nitrogen and oxygen atoms in total. The molecule has 0 aliphatic heterocycles. The van der Waals surface area contributed by atoms with E-state index in [1.165, 1.54) is 25.3 Å². The van der Waals surface area contributed by atoms with Crippen LogP contribution in [-0.4, -0.2) is 25.5 Å². The van der Waals surface area contributed by atoms with Crippen LogP contribution in [0.2, 0.25) is 0 Å². The van der Waals surface area contributed by atoms with Crippen molar-refractivity contribution in [2.45, 2.75) is 6.61 Å². The summed E-state index contributed by atoms with van der Waals surface area (Å²) in [7, 11) is 1.18. The molecule has 0 fully saturated rings. The van der Waals surface area contributed by atoms with Crippen LogP contribution >= 0.6 is 0 Å². The maximum atomic E-state index is 13.5. The average molecular weight is 335 g/mol. The fraction of sp³-hybridized carbons (Fsp3) is 0.188. The van der Waals surface area contributed by atoms with E-state index in [4.69, 9.17) is 9.15 Å². The third-order valence-electron chi connectivity index (χ3n) is 2.98. The maximum Gasteiger partial charge on any atom is 0.325 e. The summed E-state index contributed by atoms with van der Waals surface area (Å²) in [6.45, 7) is -0.518. The van der Waals surface area contributed by atoms with E-state index in [1.54, 1.807) is 6.07 Å². The number of esters is 1. The minimum Gasteiger partial charge on any atom is -0.482 e. The van der Waals surface area contributed by atoms with Crippen LogP contribution in [0.4, 0.5) is 4.39 Å². The molecule has 0 unspecified atom stereocenters. The van der Waals surface area contributed by atoms with Gasteiger partial charge in [0.25, 0.3) is 5.91 Å². The quantitative estimate of drug-likeness (QED) is 0.799. The molecule has 1 amide bonds. The predicted molar refractivity (Wildman–Crippen MR) is 80.1 cm³/mol. The van der Waals surface area contributed by atoms with Crippen LogP contribution in [0.5, 0.6) is 5.75 Å². The lowest BCUT2D eigenvalue weighted by atomic mass is 10.2. The zero-order valence-electron chi connectivity index (χ0n) is 12.7.